The number of ether oxygens (including phenoxy) is 2. The van der Waals surface area contributed by atoms with Crippen molar-refractivity contribution in [3.8, 4) is 11.5 Å². The second-order valence-electron chi connectivity index (χ2n) is 6.57. The molecule has 2 aromatic carbocycles. The Bertz CT molecular complexity index is 935. The fourth-order valence-corrected chi connectivity index (χ4v) is 4.40. The zero-order valence-corrected chi connectivity index (χ0v) is 15.1. The van der Waals surface area contributed by atoms with Crippen LogP contribution in [0.3, 0.4) is 0 Å². The lowest BCUT2D eigenvalue weighted by atomic mass is 9.75. The van der Waals surface area contributed by atoms with E-state index in [4.69, 9.17) is 9.47 Å². The smallest absolute Gasteiger partial charge is 0.231 e. The summed E-state index contributed by atoms with van der Waals surface area (Å²) in [4.78, 5) is 12.8. The molecule has 1 N–H and O–H groups in total. The van der Waals surface area contributed by atoms with Crippen LogP contribution in [0.15, 0.2) is 52.1 Å². The van der Waals surface area contributed by atoms with Gasteiger partial charge in [0.1, 0.15) is 0 Å². The lowest BCUT2D eigenvalue weighted by Crippen LogP contribution is -2.26. The summed E-state index contributed by atoms with van der Waals surface area (Å²) < 4.78 is 12.1. The first-order chi connectivity index (χ1) is 12.2. The summed E-state index contributed by atoms with van der Waals surface area (Å²) in [7, 11) is 0. The van der Waals surface area contributed by atoms with E-state index in [1.54, 1.807) is 0 Å². The lowest BCUT2D eigenvalue weighted by molar-refractivity contribution is -0.116. The van der Waals surface area contributed by atoms with Gasteiger partial charge in [-0.15, -0.1) is 0 Å². The van der Waals surface area contributed by atoms with Gasteiger partial charge in [0.25, 0.3) is 0 Å². The number of Topliss-reactive ketones (excluding diaryl/α,β-unsaturated/α-hetero) is 1. The van der Waals surface area contributed by atoms with Gasteiger partial charge in [-0.3, -0.25) is 4.79 Å². The SMILES string of the molecule is O=C1CCCC2=C1[C@H](c1cccc(Br)c1)c1cc3c(cc1N2)OCO3. The van der Waals surface area contributed by atoms with E-state index in [9.17, 15) is 4.79 Å². The molecule has 0 amide bonds. The monoisotopic (exact) mass is 397 g/mol. The molecule has 2 heterocycles. The van der Waals surface area contributed by atoms with Crippen molar-refractivity contribution in [3.63, 3.8) is 0 Å². The second-order valence-corrected chi connectivity index (χ2v) is 7.49. The van der Waals surface area contributed by atoms with Crippen LogP contribution < -0.4 is 14.8 Å². The van der Waals surface area contributed by atoms with Gasteiger partial charge in [0, 0.05) is 39.8 Å². The van der Waals surface area contributed by atoms with Crippen molar-refractivity contribution in [2.45, 2.75) is 25.2 Å². The number of fused-ring (bicyclic) bond motifs is 2. The zero-order valence-electron chi connectivity index (χ0n) is 13.5. The van der Waals surface area contributed by atoms with Crippen molar-refractivity contribution < 1.29 is 14.3 Å². The molecule has 2 aromatic rings. The van der Waals surface area contributed by atoms with Crippen molar-refractivity contribution in [2.24, 2.45) is 0 Å². The van der Waals surface area contributed by atoms with Crippen LogP contribution in [0.2, 0.25) is 0 Å². The summed E-state index contributed by atoms with van der Waals surface area (Å²) in [5.41, 5.74) is 5.13. The summed E-state index contributed by atoms with van der Waals surface area (Å²) in [6.45, 7) is 0.242. The first kappa shape index (κ1) is 15.0. The van der Waals surface area contributed by atoms with Gasteiger partial charge >= 0.3 is 0 Å². The highest BCUT2D eigenvalue weighted by Crippen LogP contribution is 2.49. The Kier molecular flexibility index (Phi) is 3.38. The van der Waals surface area contributed by atoms with Crippen LogP contribution in [0.25, 0.3) is 0 Å². The fraction of sp³-hybridized carbons (Fsp3) is 0.250. The van der Waals surface area contributed by atoms with Crippen LogP contribution in [-0.4, -0.2) is 12.6 Å². The van der Waals surface area contributed by atoms with Gasteiger partial charge in [0.2, 0.25) is 6.79 Å². The molecule has 0 saturated carbocycles. The van der Waals surface area contributed by atoms with E-state index in [0.29, 0.717) is 6.42 Å². The van der Waals surface area contributed by atoms with Crippen molar-refractivity contribution in [1.29, 1.82) is 0 Å². The number of hydrogen-bond acceptors (Lipinski definition) is 4. The average Bonchev–Trinajstić information content (AvgIpc) is 3.05. The number of benzene rings is 2. The molecule has 2 aliphatic heterocycles. The Morgan fingerprint density at radius 1 is 1.08 bits per heavy atom. The van der Waals surface area contributed by atoms with E-state index in [1.165, 1.54) is 0 Å². The van der Waals surface area contributed by atoms with Gasteiger partial charge in [-0.1, -0.05) is 28.1 Å². The normalized spacial score (nSPS) is 20.8. The molecule has 1 aliphatic carbocycles. The van der Waals surface area contributed by atoms with Crippen molar-refractivity contribution >= 4 is 27.4 Å². The van der Waals surface area contributed by atoms with Crippen LogP contribution in [0.1, 0.15) is 36.3 Å². The number of nitrogens with one attached hydrogen (secondary N) is 1. The van der Waals surface area contributed by atoms with E-state index in [-0.39, 0.29) is 18.5 Å². The first-order valence-corrected chi connectivity index (χ1v) is 9.22. The number of carbonyl (C=O) groups is 1. The molecule has 5 heteroatoms. The van der Waals surface area contributed by atoms with E-state index in [2.05, 4.69) is 33.4 Å². The molecule has 1 atom stereocenters. The van der Waals surface area contributed by atoms with E-state index < -0.39 is 0 Å². The highest BCUT2D eigenvalue weighted by atomic mass is 79.9. The highest BCUT2D eigenvalue weighted by Gasteiger charge is 2.36. The number of hydrogen-bond donors (Lipinski definition) is 1. The molecule has 0 bridgehead atoms. The number of carbonyl (C=O) groups excluding carboxylic acids is 1. The van der Waals surface area contributed by atoms with Crippen LogP contribution >= 0.6 is 15.9 Å². The maximum Gasteiger partial charge on any atom is 0.231 e. The molecule has 5 rings (SSSR count). The molecule has 0 saturated heterocycles. The minimum Gasteiger partial charge on any atom is -0.454 e. The maximum atomic E-state index is 12.8. The molecular formula is C20H16BrNO3. The third kappa shape index (κ3) is 2.37. The molecule has 0 radical (unpaired) electrons. The summed E-state index contributed by atoms with van der Waals surface area (Å²) in [5.74, 6) is 1.66. The predicted octanol–water partition coefficient (Wildman–Crippen LogP) is 4.74. The number of ketones is 1. The van der Waals surface area contributed by atoms with Gasteiger partial charge in [-0.2, -0.15) is 0 Å². The van der Waals surface area contributed by atoms with Crippen molar-refractivity contribution in [3.05, 3.63) is 63.3 Å². The number of allylic oxidation sites excluding steroid dienone is 2. The topological polar surface area (TPSA) is 47.6 Å². The van der Waals surface area contributed by atoms with Gasteiger partial charge in [-0.05, 0) is 42.2 Å². The number of rotatable bonds is 1. The van der Waals surface area contributed by atoms with Crippen LogP contribution in [0.4, 0.5) is 5.69 Å². The predicted molar refractivity (Wildman–Crippen MR) is 98.1 cm³/mol. The minimum atomic E-state index is -0.0777. The van der Waals surface area contributed by atoms with Gasteiger partial charge in [0.05, 0.1) is 0 Å². The Balaban J connectivity index is 1.75. The Morgan fingerprint density at radius 3 is 2.76 bits per heavy atom. The minimum absolute atomic E-state index is 0.0777. The van der Waals surface area contributed by atoms with E-state index >= 15 is 0 Å². The maximum absolute atomic E-state index is 12.8. The quantitative estimate of drug-likeness (QED) is 0.754. The molecule has 0 aromatic heterocycles. The van der Waals surface area contributed by atoms with Crippen molar-refractivity contribution in [2.75, 3.05) is 12.1 Å². The van der Waals surface area contributed by atoms with Crippen molar-refractivity contribution in [1.82, 2.24) is 0 Å². The molecular weight excluding hydrogens is 382 g/mol. The standard InChI is InChI=1S/C20H16BrNO3/c21-12-4-1-3-11(7-12)19-13-8-17-18(25-10-24-17)9-15(13)22-14-5-2-6-16(23)20(14)19/h1,3-4,7-9,19,22H,2,5-6,10H2/t19-/m1/s1. The summed E-state index contributed by atoms with van der Waals surface area (Å²) in [5, 5.41) is 3.48. The van der Waals surface area contributed by atoms with Crippen LogP contribution in [-0.2, 0) is 4.79 Å². The largest absolute Gasteiger partial charge is 0.454 e. The molecule has 0 spiro atoms. The third-order valence-corrected chi connectivity index (χ3v) is 5.56. The Hall–Kier alpha value is -2.27. The van der Waals surface area contributed by atoms with Gasteiger partial charge < -0.3 is 14.8 Å². The summed E-state index contributed by atoms with van der Waals surface area (Å²) in [6, 6.07) is 12.2. The van der Waals surface area contributed by atoms with E-state index in [0.717, 1.165) is 56.9 Å². The lowest BCUT2D eigenvalue weighted by Gasteiger charge is -2.34. The zero-order chi connectivity index (χ0) is 17.0. The molecule has 0 fully saturated rings. The average molecular weight is 398 g/mol. The number of anilines is 1. The summed E-state index contributed by atoms with van der Waals surface area (Å²) in [6.07, 6.45) is 2.42. The molecule has 126 valence electrons. The molecule has 0 unspecified atom stereocenters. The third-order valence-electron chi connectivity index (χ3n) is 5.07. The fourth-order valence-electron chi connectivity index (χ4n) is 3.98. The second kappa shape index (κ2) is 5.63. The molecule has 4 nitrogen and oxygen atoms in total. The molecule has 25 heavy (non-hydrogen) atoms. The number of halogens is 1. The van der Waals surface area contributed by atoms with Gasteiger partial charge in [-0.25, -0.2) is 0 Å². The van der Waals surface area contributed by atoms with Gasteiger partial charge in [0.15, 0.2) is 17.3 Å². The van der Waals surface area contributed by atoms with E-state index in [1.807, 2.05) is 24.3 Å². The molecule has 3 aliphatic rings. The van der Waals surface area contributed by atoms with Crippen LogP contribution in [0, 0.1) is 0 Å². The Labute approximate surface area is 154 Å². The Morgan fingerprint density at radius 2 is 1.92 bits per heavy atom. The summed E-state index contributed by atoms with van der Waals surface area (Å²) >= 11 is 3.56. The first-order valence-electron chi connectivity index (χ1n) is 8.43. The highest BCUT2D eigenvalue weighted by molar-refractivity contribution is 9.10. The van der Waals surface area contributed by atoms with Crippen LogP contribution in [0.5, 0.6) is 11.5 Å².